The van der Waals surface area contributed by atoms with E-state index in [1.807, 2.05) is 36.4 Å². The highest BCUT2D eigenvalue weighted by Crippen LogP contribution is 2.30. The first-order valence-corrected chi connectivity index (χ1v) is 10.8. The molecule has 0 fully saturated rings. The second-order valence-corrected chi connectivity index (χ2v) is 7.47. The summed E-state index contributed by atoms with van der Waals surface area (Å²) in [5, 5.41) is 3.79. The van der Waals surface area contributed by atoms with Crippen LogP contribution in [-0.4, -0.2) is 34.9 Å². The molecule has 0 atom stereocenters. The van der Waals surface area contributed by atoms with E-state index in [0.717, 1.165) is 35.6 Å². The Morgan fingerprint density at radius 2 is 2.03 bits per heavy atom. The predicted octanol–water partition coefficient (Wildman–Crippen LogP) is 4.97. The van der Waals surface area contributed by atoms with Crippen molar-refractivity contribution in [3.05, 3.63) is 42.5 Å². The van der Waals surface area contributed by atoms with Gasteiger partial charge in [-0.3, -0.25) is 4.79 Å². The van der Waals surface area contributed by atoms with Crippen molar-refractivity contribution < 1.29 is 14.3 Å². The van der Waals surface area contributed by atoms with Gasteiger partial charge in [-0.05, 0) is 37.6 Å². The number of aryl methyl sites for hydroxylation is 1. The van der Waals surface area contributed by atoms with Crippen molar-refractivity contribution in [1.82, 2.24) is 9.55 Å². The third kappa shape index (κ3) is 5.23. The summed E-state index contributed by atoms with van der Waals surface area (Å²) in [6.45, 7) is 5.60. The number of anilines is 1. The lowest BCUT2D eigenvalue weighted by atomic mass is 10.2. The van der Waals surface area contributed by atoms with Crippen molar-refractivity contribution in [3.63, 3.8) is 0 Å². The molecule has 1 aromatic heterocycles. The summed E-state index contributed by atoms with van der Waals surface area (Å²) in [6.07, 6.45) is 2.01. The van der Waals surface area contributed by atoms with E-state index in [4.69, 9.17) is 9.47 Å². The summed E-state index contributed by atoms with van der Waals surface area (Å²) in [4.78, 5) is 17.3. The van der Waals surface area contributed by atoms with E-state index in [0.29, 0.717) is 23.8 Å². The van der Waals surface area contributed by atoms with Crippen molar-refractivity contribution in [1.29, 1.82) is 0 Å². The number of carbonyl (C=O) groups is 1. The summed E-state index contributed by atoms with van der Waals surface area (Å²) < 4.78 is 13.2. The number of nitrogens with one attached hydrogen (secondary N) is 1. The number of methoxy groups -OCH3 is 1. The Morgan fingerprint density at radius 3 is 2.79 bits per heavy atom. The second kappa shape index (κ2) is 10.2. The number of hydrogen-bond donors (Lipinski definition) is 1. The van der Waals surface area contributed by atoms with Gasteiger partial charge in [-0.1, -0.05) is 37.2 Å². The number of imidazole rings is 1. The Balaban J connectivity index is 1.69. The van der Waals surface area contributed by atoms with Gasteiger partial charge >= 0.3 is 0 Å². The molecule has 2 aromatic carbocycles. The fourth-order valence-electron chi connectivity index (χ4n) is 2.97. The smallest absolute Gasteiger partial charge is 0.234 e. The second-order valence-electron chi connectivity index (χ2n) is 6.53. The summed E-state index contributed by atoms with van der Waals surface area (Å²) in [5.41, 5.74) is 2.64. The third-order valence-electron chi connectivity index (χ3n) is 4.48. The summed E-state index contributed by atoms with van der Waals surface area (Å²) in [5.74, 6) is 1.47. The number of ether oxygens (including phenoxy) is 2. The zero-order valence-corrected chi connectivity index (χ0v) is 17.9. The van der Waals surface area contributed by atoms with Gasteiger partial charge in [0, 0.05) is 12.6 Å². The molecular formula is C22H27N3O3S. The number of thioether (sulfide) groups is 1. The van der Waals surface area contributed by atoms with E-state index in [2.05, 4.69) is 28.7 Å². The Hall–Kier alpha value is -2.67. The molecule has 0 aliphatic heterocycles. The Morgan fingerprint density at radius 1 is 1.21 bits per heavy atom. The third-order valence-corrected chi connectivity index (χ3v) is 5.46. The van der Waals surface area contributed by atoms with Crippen LogP contribution in [0.15, 0.2) is 47.6 Å². The molecule has 154 valence electrons. The number of benzene rings is 2. The lowest BCUT2D eigenvalue weighted by molar-refractivity contribution is -0.113. The average molecular weight is 414 g/mol. The van der Waals surface area contributed by atoms with Gasteiger partial charge in [0.1, 0.15) is 11.5 Å². The SMILES string of the molecule is CCCCOc1ccc(OC)cc1NC(=O)CSc1nc2ccccc2n1CC. The van der Waals surface area contributed by atoms with E-state index in [1.54, 1.807) is 13.2 Å². The van der Waals surface area contributed by atoms with Crippen LogP contribution in [-0.2, 0) is 11.3 Å². The van der Waals surface area contributed by atoms with Gasteiger partial charge in [-0.25, -0.2) is 4.98 Å². The number of carbonyl (C=O) groups excluding carboxylic acids is 1. The molecule has 3 aromatic rings. The standard InChI is InChI=1S/C22H27N3O3S/c1-4-6-13-28-20-12-11-16(27-3)14-18(20)23-21(26)15-29-22-24-17-9-7-8-10-19(17)25(22)5-2/h7-12,14H,4-6,13,15H2,1-3H3,(H,23,26). The molecule has 1 N–H and O–H groups in total. The molecule has 29 heavy (non-hydrogen) atoms. The Bertz CT molecular complexity index is 971. The maximum atomic E-state index is 12.6. The van der Waals surface area contributed by atoms with Gasteiger partial charge in [0.15, 0.2) is 5.16 Å². The Kier molecular flexibility index (Phi) is 7.41. The topological polar surface area (TPSA) is 65.4 Å². The molecule has 0 unspecified atom stereocenters. The molecule has 0 aliphatic rings. The lowest BCUT2D eigenvalue weighted by Gasteiger charge is -2.14. The van der Waals surface area contributed by atoms with Crippen LogP contribution in [0.2, 0.25) is 0 Å². The molecule has 1 heterocycles. The number of fused-ring (bicyclic) bond motifs is 1. The number of hydrogen-bond acceptors (Lipinski definition) is 5. The summed E-state index contributed by atoms with van der Waals surface area (Å²) in [6, 6.07) is 13.4. The Labute approximate surface area is 175 Å². The van der Waals surface area contributed by atoms with Crippen LogP contribution < -0.4 is 14.8 Å². The van der Waals surface area contributed by atoms with Gasteiger partial charge < -0.3 is 19.4 Å². The van der Waals surface area contributed by atoms with E-state index in [1.165, 1.54) is 11.8 Å². The fourth-order valence-corrected chi connectivity index (χ4v) is 3.85. The lowest BCUT2D eigenvalue weighted by Crippen LogP contribution is -2.15. The number of nitrogens with zero attached hydrogens (tertiary/aromatic N) is 2. The number of unbranched alkanes of at least 4 members (excludes halogenated alkanes) is 1. The van der Waals surface area contributed by atoms with Crippen molar-refractivity contribution in [2.45, 2.75) is 38.4 Å². The quantitative estimate of drug-likeness (QED) is 0.375. The molecule has 6 nitrogen and oxygen atoms in total. The first-order chi connectivity index (χ1) is 14.2. The molecule has 0 saturated heterocycles. The van der Waals surface area contributed by atoms with Crippen molar-refractivity contribution in [2.75, 3.05) is 24.8 Å². The molecule has 0 bridgehead atoms. The summed E-state index contributed by atoms with van der Waals surface area (Å²) >= 11 is 1.43. The minimum Gasteiger partial charge on any atom is -0.497 e. The normalized spacial score (nSPS) is 10.9. The van der Waals surface area contributed by atoms with E-state index in [-0.39, 0.29) is 11.7 Å². The van der Waals surface area contributed by atoms with Crippen LogP contribution in [0.1, 0.15) is 26.7 Å². The molecular weight excluding hydrogens is 386 g/mol. The van der Waals surface area contributed by atoms with Crippen LogP contribution in [0, 0.1) is 0 Å². The molecule has 0 saturated carbocycles. The van der Waals surface area contributed by atoms with Crippen molar-refractivity contribution in [3.8, 4) is 11.5 Å². The van der Waals surface area contributed by atoms with Gasteiger partial charge in [0.2, 0.25) is 5.91 Å². The van der Waals surface area contributed by atoms with E-state index >= 15 is 0 Å². The molecule has 0 aliphatic carbocycles. The van der Waals surface area contributed by atoms with Crippen molar-refractivity contribution >= 4 is 34.4 Å². The molecule has 7 heteroatoms. The number of aromatic nitrogens is 2. The van der Waals surface area contributed by atoms with Crippen LogP contribution in [0.5, 0.6) is 11.5 Å². The van der Waals surface area contributed by atoms with Crippen LogP contribution >= 0.6 is 11.8 Å². The zero-order chi connectivity index (χ0) is 20.6. The zero-order valence-electron chi connectivity index (χ0n) is 17.1. The monoisotopic (exact) mass is 413 g/mol. The molecule has 0 spiro atoms. The van der Waals surface area contributed by atoms with Gasteiger partial charge in [-0.15, -0.1) is 0 Å². The highest BCUT2D eigenvalue weighted by atomic mass is 32.2. The number of amides is 1. The van der Waals surface area contributed by atoms with E-state index < -0.39 is 0 Å². The van der Waals surface area contributed by atoms with Crippen LogP contribution in [0.3, 0.4) is 0 Å². The van der Waals surface area contributed by atoms with Crippen molar-refractivity contribution in [2.24, 2.45) is 0 Å². The largest absolute Gasteiger partial charge is 0.497 e. The molecule has 1 amide bonds. The highest BCUT2D eigenvalue weighted by molar-refractivity contribution is 7.99. The predicted molar refractivity (Wildman–Crippen MR) is 118 cm³/mol. The molecule has 3 rings (SSSR count). The molecule has 0 radical (unpaired) electrons. The maximum absolute atomic E-state index is 12.6. The highest BCUT2D eigenvalue weighted by Gasteiger charge is 2.14. The maximum Gasteiger partial charge on any atom is 0.234 e. The van der Waals surface area contributed by atoms with Gasteiger partial charge in [0.25, 0.3) is 0 Å². The van der Waals surface area contributed by atoms with Gasteiger partial charge in [0.05, 0.1) is 36.2 Å². The van der Waals surface area contributed by atoms with Crippen LogP contribution in [0.4, 0.5) is 5.69 Å². The van der Waals surface area contributed by atoms with E-state index in [9.17, 15) is 4.79 Å². The fraction of sp³-hybridized carbons (Fsp3) is 0.364. The average Bonchev–Trinajstić information content (AvgIpc) is 3.11. The minimum atomic E-state index is -0.113. The first kappa shape index (κ1) is 21.0. The van der Waals surface area contributed by atoms with Crippen LogP contribution in [0.25, 0.3) is 11.0 Å². The number of rotatable bonds is 10. The summed E-state index contributed by atoms with van der Waals surface area (Å²) in [7, 11) is 1.60. The minimum absolute atomic E-state index is 0.113. The van der Waals surface area contributed by atoms with Gasteiger partial charge in [-0.2, -0.15) is 0 Å². The number of para-hydroxylation sites is 2. The first-order valence-electron chi connectivity index (χ1n) is 9.85.